The fourth-order valence-corrected chi connectivity index (χ4v) is 3.63. The molecule has 10 heteroatoms. The summed E-state index contributed by atoms with van der Waals surface area (Å²) in [7, 11) is 0. The Balaban J connectivity index is 2.29. The first-order chi connectivity index (χ1) is 15.1. The summed E-state index contributed by atoms with van der Waals surface area (Å²) in [6, 6.07) is 7.41. The summed E-state index contributed by atoms with van der Waals surface area (Å²) in [4.78, 5) is 15.8. The molecule has 2 atom stereocenters. The summed E-state index contributed by atoms with van der Waals surface area (Å²) in [5.74, 6) is -1.64. The minimum atomic E-state index is -5.45. The molecule has 0 aliphatic rings. The molecule has 0 fully saturated rings. The molecule has 1 aromatic heterocycles. The Hall–Kier alpha value is -3.30. The van der Waals surface area contributed by atoms with Crippen molar-refractivity contribution in [2.45, 2.75) is 38.0 Å². The smallest absolute Gasteiger partial charge is 0.422 e. The molecule has 2 aromatic carbocycles. The van der Waals surface area contributed by atoms with Gasteiger partial charge in [0.1, 0.15) is 18.2 Å². The molecule has 0 aliphatic heterocycles. The largest absolute Gasteiger partial charge is 0.508 e. The van der Waals surface area contributed by atoms with Crippen LogP contribution < -0.4 is 5.32 Å². The van der Waals surface area contributed by atoms with E-state index >= 15 is 4.39 Å². The van der Waals surface area contributed by atoms with Gasteiger partial charge in [-0.15, -0.1) is 4.91 Å². The van der Waals surface area contributed by atoms with E-state index in [-0.39, 0.29) is 17.7 Å². The number of anilines is 1. The standard InChI is InChI=1S/C22H20F5N3O2/c1-3-13-18(31)10-9-15(19(13)24)20(21(11-23,30-32)22(25,26)27)29-17-6-4-5-16-14(17)8-7-12(2)28-16/h4-10,20,29,31H,3,11H2,1-2H3. The monoisotopic (exact) mass is 453 g/mol. The van der Waals surface area contributed by atoms with Crippen LogP contribution >= 0.6 is 0 Å². The van der Waals surface area contributed by atoms with Crippen LogP contribution in [0.5, 0.6) is 5.75 Å². The first-order valence-electron chi connectivity index (χ1n) is 9.70. The Labute approximate surface area is 180 Å². The minimum absolute atomic E-state index is 0.0428. The number of halogens is 5. The molecule has 0 spiro atoms. The zero-order valence-corrected chi connectivity index (χ0v) is 17.2. The second kappa shape index (κ2) is 8.68. The van der Waals surface area contributed by atoms with Crippen LogP contribution in [0.3, 0.4) is 0 Å². The van der Waals surface area contributed by atoms with E-state index in [2.05, 4.69) is 15.5 Å². The summed E-state index contributed by atoms with van der Waals surface area (Å²) in [5, 5.41) is 14.9. The van der Waals surface area contributed by atoms with Gasteiger partial charge in [0.05, 0.1) is 11.6 Å². The molecule has 2 unspecified atom stereocenters. The highest BCUT2D eigenvalue weighted by Gasteiger charge is 2.63. The van der Waals surface area contributed by atoms with E-state index in [1.165, 1.54) is 19.1 Å². The predicted molar refractivity (Wildman–Crippen MR) is 111 cm³/mol. The number of hydrogen-bond donors (Lipinski definition) is 2. The lowest BCUT2D eigenvalue weighted by atomic mass is 9.84. The normalized spacial score (nSPS) is 14.7. The number of hydrogen-bond acceptors (Lipinski definition) is 5. The van der Waals surface area contributed by atoms with Gasteiger partial charge in [-0.2, -0.15) is 13.2 Å². The van der Waals surface area contributed by atoms with Crippen molar-refractivity contribution in [3.8, 4) is 5.75 Å². The number of fused-ring (bicyclic) bond motifs is 1. The number of phenolic OH excluding ortho intramolecular Hbond substituents is 1. The Morgan fingerprint density at radius 1 is 1.16 bits per heavy atom. The molecule has 0 aliphatic carbocycles. The van der Waals surface area contributed by atoms with Crippen LogP contribution in [-0.2, 0) is 6.42 Å². The fourth-order valence-electron chi connectivity index (χ4n) is 3.63. The first-order valence-corrected chi connectivity index (χ1v) is 9.70. The highest BCUT2D eigenvalue weighted by Crippen LogP contribution is 2.47. The molecule has 0 saturated heterocycles. The van der Waals surface area contributed by atoms with E-state index in [9.17, 15) is 27.6 Å². The maximum absolute atomic E-state index is 15.2. The maximum atomic E-state index is 15.2. The molecule has 3 aromatic rings. The lowest BCUT2D eigenvalue weighted by Crippen LogP contribution is -2.53. The lowest BCUT2D eigenvalue weighted by Gasteiger charge is -2.36. The molecule has 2 N–H and O–H groups in total. The van der Waals surface area contributed by atoms with Gasteiger partial charge < -0.3 is 10.4 Å². The summed E-state index contributed by atoms with van der Waals surface area (Å²) >= 11 is 0. The average Bonchev–Trinajstić information content (AvgIpc) is 2.73. The Morgan fingerprint density at radius 3 is 2.47 bits per heavy atom. The predicted octanol–water partition coefficient (Wildman–Crippen LogP) is 6.14. The molecule has 0 bridgehead atoms. The van der Waals surface area contributed by atoms with Gasteiger partial charge in [0, 0.05) is 27.9 Å². The molecule has 32 heavy (non-hydrogen) atoms. The van der Waals surface area contributed by atoms with E-state index in [0.29, 0.717) is 16.6 Å². The van der Waals surface area contributed by atoms with Crippen molar-refractivity contribution < 1.29 is 27.1 Å². The van der Waals surface area contributed by atoms with E-state index in [1.807, 2.05) is 0 Å². The van der Waals surface area contributed by atoms with Gasteiger partial charge >= 0.3 is 6.18 Å². The zero-order chi connectivity index (χ0) is 23.7. The number of nitroso groups, excluding NO2 is 1. The van der Waals surface area contributed by atoms with E-state index in [0.717, 1.165) is 12.1 Å². The minimum Gasteiger partial charge on any atom is -0.508 e. The summed E-state index contributed by atoms with van der Waals surface area (Å²) < 4.78 is 71.2. The van der Waals surface area contributed by atoms with Crippen LogP contribution in [0.25, 0.3) is 10.9 Å². The number of nitrogens with zero attached hydrogens (tertiary/aromatic N) is 2. The second-order valence-corrected chi connectivity index (χ2v) is 7.37. The first kappa shape index (κ1) is 23.4. The third-order valence-corrected chi connectivity index (χ3v) is 5.42. The van der Waals surface area contributed by atoms with Crippen molar-refractivity contribution in [3.63, 3.8) is 0 Å². The van der Waals surface area contributed by atoms with Gasteiger partial charge in [0.25, 0.3) is 0 Å². The van der Waals surface area contributed by atoms with Gasteiger partial charge in [-0.25, -0.2) is 8.78 Å². The molecule has 170 valence electrons. The fraction of sp³-hybridized carbons (Fsp3) is 0.318. The lowest BCUT2D eigenvalue weighted by molar-refractivity contribution is -0.194. The van der Waals surface area contributed by atoms with Crippen LogP contribution in [0.1, 0.15) is 29.8 Å². The van der Waals surface area contributed by atoms with Crippen molar-refractivity contribution in [3.05, 3.63) is 70.0 Å². The van der Waals surface area contributed by atoms with E-state index < -0.39 is 41.6 Å². The van der Waals surface area contributed by atoms with Crippen molar-refractivity contribution >= 4 is 16.6 Å². The number of aryl methyl sites for hydroxylation is 1. The van der Waals surface area contributed by atoms with Crippen molar-refractivity contribution in [1.29, 1.82) is 0 Å². The average molecular weight is 453 g/mol. The summed E-state index contributed by atoms with van der Waals surface area (Å²) in [5.41, 5.74) is -3.55. The van der Waals surface area contributed by atoms with Gasteiger partial charge in [-0.3, -0.25) is 4.98 Å². The highest BCUT2D eigenvalue weighted by molar-refractivity contribution is 5.91. The number of nitrogens with one attached hydrogen (secondary N) is 1. The number of aromatic hydroxyl groups is 1. The van der Waals surface area contributed by atoms with Crippen LogP contribution in [-0.4, -0.2) is 28.5 Å². The Kier molecular flexibility index (Phi) is 6.34. The van der Waals surface area contributed by atoms with Crippen molar-refractivity contribution in [2.24, 2.45) is 5.18 Å². The number of aromatic nitrogens is 1. The Bertz CT molecular complexity index is 1150. The molecule has 0 saturated carbocycles. The number of benzene rings is 2. The third kappa shape index (κ3) is 3.85. The highest BCUT2D eigenvalue weighted by atomic mass is 19.4. The van der Waals surface area contributed by atoms with Crippen LogP contribution in [0.15, 0.2) is 47.6 Å². The maximum Gasteiger partial charge on any atom is 0.422 e. The van der Waals surface area contributed by atoms with Gasteiger partial charge in [0.15, 0.2) is 0 Å². The second-order valence-electron chi connectivity index (χ2n) is 7.37. The van der Waals surface area contributed by atoms with Crippen molar-refractivity contribution in [2.75, 3.05) is 12.0 Å². The molecular weight excluding hydrogens is 433 g/mol. The van der Waals surface area contributed by atoms with Crippen LogP contribution in [0, 0.1) is 17.6 Å². The van der Waals surface area contributed by atoms with E-state index in [1.54, 1.807) is 25.1 Å². The number of rotatable bonds is 7. The van der Waals surface area contributed by atoms with Gasteiger partial charge in [-0.05, 0) is 48.9 Å². The molecular formula is C22H20F5N3O2. The summed E-state index contributed by atoms with van der Waals surface area (Å²) in [6.45, 7) is 1.00. The Morgan fingerprint density at radius 2 is 1.88 bits per heavy atom. The quantitative estimate of drug-likeness (QED) is 0.333. The molecule has 3 rings (SSSR count). The van der Waals surface area contributed by atoms with Gasteiger partial charge in [-0.1, -0.05) is 19.1 Å². The third-order valence-electron chi connectivity index (χ3n) is 5.42. The topological polar surface area (TPSA) is 74.6 Å². The van der Waals surface area contributed by atoms with Crippen LogP contribution in [0.2, 0.25) is 0 Å². The number of pyridine rings is 1. The van der Waals surface area contributed by atoms with E-state index in [4.69, 9.17) is 0 Å². The van der Waals surface area contributed by atoms with Crippen LogP contribution in [0.4, 0.5) is 27.6 Å². The number of alkyl halides is 4. The SMILES string of the molecule is CCc1c(O)ccc(C(Nc2cccc3nc(C)ccc23)C(CF)(N=O)C(F)(F)F)c1F. The number of phenols is 1. The molecule has 0 amide bonds. The molecule has 1 heterocycles. The summed E-state index contributed by atoms with van der Waals surface area (Å²) in [6.07, 6.45) is -5.49. The van der Waals surface area contributed by atoms with Crippen molar-refractivity contribution in [1.82, 2.24) is 4.98 Å². The van der Waals surface area contributed by atoms with Gasteiger partial charge in [0.2, 0.25) is 5.54 Å². The molecule has 5 nitrogen and oxygen atoms in total. The zero-order valence-electron chi connectivity index (χ0n) is 17.2. The molecule has 0 radical (unpaired) electrons.